The van der Waals surface area contributed by atoms with Gasteiger partial charge in [-0.25, -0.2) is 0 Å². The SMILES string of the molecule is CNC(=O)c1cc(C(=O)NC[C@H]2CC[C@@H](O)C2)cn(Cc2ccccc2)c1=O. The number of carbonyl (C=O) groups excluding carboxylic acids is 2. The zero-order chi connectivity index (χ0) is 20.1. The van der Waals surface area contributed by atoms with Crippen LogP contribution in [0, 0.1) is 5.92 Å². The number of amides is 2. The summed E-state index contributed by atoms with van der Waals surface area (Å²) in [6.07, 6.45) is 3.49. The standard InChI is InChI=1S/C21H25N3O4/c1-22-20(27)18-10-16(19(26)23-11-15-7-8-17(25)9-15)13-24(21(18)28)12-14-5-3-2-4-6-14/h2-6,10,13,15,17,25H,7-9,11-12H2,1H3,(H,22,27)(H,23,26)/t15-,17+/m0/s1. The molecule has 2 aromatic rings. The molecule has 3 rings (SSSR count). The molecule has 0 unspecified atom stereocenters. The Kier molecular flexibility index (Phi) is 6.26. The lowest BCUT2D eigenvalue weighted by atomic mass is 10.1. The van der Waals surface area contributed by atoms with Crippen LogP contribution in [0.5, 0.6) is 0 Å². The van der Waals surface area contributed by atoms with Crippen LogP contribution >= 0.6 is 0 Å². The molecule has 0 aliphatic heterocycles. The molecule has 1 heterocycles. The van der Waals surface area contributed by atoms with Crippen molar-refractivity contribution in [1.82, 2.24) is 15.2 Å². The van der Waals surface area contributed by atoms with Crippen LogP contribution in [0.25, 0.3) is 0 Å². The van der Waals surface area contributed by atoms with Crippen LogP contribution in [0.3, 0.4) is 0 Å². The maximum absolute atomic E-state index is 12.7. The average Bonchev–Trinajstić information content (AvgIpc) is 3.13. The van der Waals surface area contributed by atoms with Crippen LogP contribution in [-0.4, -0.2) is 41.2 Å². The quantitative estimate of drug-likeness (QED) is 0.697. The molecule has 0 spiro atoms. The highest BCUT2D eigenvalue weighted by atomic mass is 16.3. The van der Waals surface area contributed by atoms with E-state index in [1.165, 1.54) is 23.9 Å². The molecule has 1 aliphatic rings. The first-order valence-electron chi connectivity index (χ1n) is 9.44. The first-order chi connectivity index (χ1) is 13.5. The third-order valence-electron chi connectivity index (χ3n) is 5.08. The van der Waals surface area contributed by atoms with E-state index in [-0.39, 0.29) is 35.6 Å². The normalized spacial score (nSPS) is 18.6. The van der Waals surface area contributed by atoms with Crippen molar-refractivity contribution in [1.29, 1.82) is 0 Å². The molecule has 1 fully saturated rings. The van der Waals surface area contributed by atoms with Gasteiger partial charge in [-0.3, -0.25) is 14.4 Å². The third-order valence-corrected chi connectivity index (χ3v) is 5.08. The lowest BCUT2D eigenvalue weighted by Crippen LogP contribution is -2.34. The molecule has 7 heteroatoms. The molecule has 148 valence electrons. The zero-order valence-corrected chi connectivity index (χ0v) is 15.9. The van der Waals surface area contributed by atoms with E-state index in [1.807, 2.05) is 30.3 Å². The monoisotopic (exact) mass is 383 g/mol. The summed E-state index contributed by atoms with van der Waals surface area (Å²) in [5.74, 6) is -0.624. The topological polar surface area (TPSA) is 100 Å². The second-order valence-corrected chi connectivity index (χ2v) is 7.18. The fourth-order valence-corrected chi connectivity index (χ4v) is 3.53. The predicted octanol–water partition coefficient (Wildman–Crippen LogP) is 1.15. The number of hydrogen-bond donors (Lipinski definition) is 3. The minimum atomic E-state index is -0.527. The fraction of sp³-hybridized carbons (Fsp3) is 0.381. The summed E-state index contributed by atoms with van der Waals surface area (Å²) in [6, 6.07) is 10.7. The molecule has 2 amide bonds. The predicted molar refractivity (Wildman–Crippen MR) is 105 cm³/mol. The summed E-state index contributed by atoms with van der Waals surface area (Å²) in [4.78, 5) is 37.5. The van der Waals surface area contributed by atoms with Gasteiger partial charge in [0.2, 0.25) is 0 Å². The van der Waals surface area contributed by atoms with Crippen molar-refractivity contribution in [3.63, 3.8) is 0 Å². The van der Waals surface area contributed by atoms with Crippen molar-refractivity contribution in [2.45, 2.75) is 31.9 Å². The van der Waals surface area contributed by atoms with Crippen LogP contribution in [0.2, 0.25) is 0 Å². The maximum Gasteiger partial charge on any atom is 0.263 e. The van der Waals surface area contributed by atoms with Gasteiger partial charge < -0.3 is 20.3 Å². The molecule has 1 aromatic carbocycles. The minimum Gasteiger partial charge on any atom is -0.393 e. The lowest BCUT2D eigenvalue weighted by Gasteiger charge is -2.14. The van der Waals surface area contributed by atoms with Gasteiger partial charge in [0.1, 0.15) is 5.56 Å². The van der Waals surface area contributed by atoms with Gasteiger partial charge in [0.05, 0.1) is 18.2 Å². The summed E-state index contributed by atoms with van der Waals surface area (Å²) in [6.45, 7) is 0.725. The van der Waals surface area contributed by atoms with E-state index < -0.39 is 11.5 Å². The Morgan fingerprint density at radius 3 is 2.57 bits per heavy atom. The van der Waals surface area contributed by atoms with Gasteiger partial charge in [-0.05, 0) is 36.8 Å². The number of aliphatic hydroxyl groups is 1. The number of aromatic nitrogens is 1. The van der Waals surface area contributed by atoms with E-state index in [4.69, 9.17) is 0 Å². The van der Waals surface area contributed by atoms with Crippen molar-refractivity contribution in [3.05, 3.63) is 69.6 Å². The van der Waals surface area contributed by atoms with E-state index in [2.05, 4.69) is 10.6 Å². The van der Waals surface area contributed by atoms with Crippen molar-refractivity contribution < 1.29 is 14.7 Å². The Balaban J connectivity index is 1.85. The van der Waals surface area contributed by atoms with Gasteiger partial charge in [0.25, 0.3) is 17.4 Å². The molecule has 1 saturated carbocycles. The molecule has 1 aromatic heterocycles. The maximum atomic E-state index is 12.7. The van der Waals surface area contributed by atoms with Crippen molar-refractivity contribution in [2.75, 3.05) is 13.6 Å². The Morgan fingerprint density at radius 2 is 1.93 bits per heavy atom. The van der Waals surface area contributed by atoms with Crippen molar-refractivity contribution in [2.24, 2.45) is 5.92 Å². The van der Waals surface area contributed by atoms with Crippen LogP contribution in [0.1, 0.15) is 45.5 Å². The molecular formula is C21H25N3O4. The Hall–Kier alpha value is -2.93. The Labute approximate surface area is 163 Å². The molecule has 0 saturated heterocycles. The Bertz CT molecular complexity index is 908. The van der Waals surface area contributed by atoms with E-state index in [1.54, 1.807) is 0 Å². The minimum absolute atomic E-state index is 0.0673. The number of hydrogen-bond acceptors (Lipinski definition) is 4. The van der Waals surface area contributed by atoms with Gasteiger partial charge in [-0.2, -0.15) is 0 Å². The van der Waals surface area contributed by atoms with E-state index in [0.717, 1.165) is 18.4 Å². The van der Waals surface area contributed by atoms with E-state index in [0.29, 0.717) is 13.0 Å². The molecule has 1 aliphatic carbocycles. The second kappa shape index (κ2) is 8.84. The number of carbonyl (C=O) groups is 2. The van der Waals surface area contributed by atoms with Crippen molar-refractivity contribution >= 4 is 11.8 Å². The number of rotatable bonds is 6. The second-order valence-electron chi connectivity index (χ2n) is 7.18. The number of nitrogens with one attached hydrogen (secondary N) is 2. The number of aliphatic hydroxyl groups excluding tert-OH is 1. The number of benzene rings is 1. The fourth-order valence-electron chi connectivity index (χ4n) is 3.53. The summed E-state index contributed by atoms with van der Waals surface area (Å²) < 4.78 is 1.38. The molecule has 0 bridgehead atoms. The first kappa shape index (κ1) is 19.8. The van der Waals surface area contributed by atoms with Gasteiger partial charge in [0.15, 0.2) is 0 Å². The van der Waals surface area contributed by atoms with Gasteiger partial charge >= 0.3 is 0 Å². The lowest BCUT2D eigenvalue weighted by molar-refractivity contribution is 0.0944. The van der Waals surface area contributed by atoms with Crippen LogP contribution in [0.4, 0.5) is 0 Å². The van der Waals surface area contributed by atoms with Crippen LogP contribution in [-0.2, 0) is 6.54 Å². The van der Waals surface area contributed by atoms with Gasteiger partial charge in [0, 0.05) is 19.8 Å². The van der Waals surface area contributed by atoms with Crippen LogP contribution in [0.15, 0.2) is 47.4 Å². The summed E-state index contributed by atoms with van der Waals surface area (Å²) in [5.41, 5.74) is 0.638. The molecule has 7 nitrogen and oxygen atoms in total. The highest BCUT2D eigenvalue weighted by molar-refractivity contribution is 5.99. The first-order valence-corrected chi connectivity index (χ1v) is 9.44. The van der Waals surface area contributed by atoms with Crippen molar-refractivity contribution in [3.8, 4) is 0 Å². The van der Waals surface area contributed by atoms with E-state index >= 15 is 0 Å². The van der Waals surface area contributed by atoms with Gasteiger partial charge in [-0.15, -0.1) is 0 Å². The molecule has 0 radical (unpaired) electrons. The van der Waals surface area contributed by atoms with Gasteiger partial charge in [-0.1, -0.05) is 30.3 Å². The summed E-state index contributed by atoms with van der Waals surface area (Å²) in [7, 11) is 1.45. The summed E-state index contributed by atoms with van der Waals surface area (Å²) >= 11 is 0. The Morgan fingerprint density at radius 1 is 1.18 bits per heavy atom. The van der Waals surface area contributed by atoms with E-state index in [9.17, 15) is 19.5 Å². The molecule has 28 heavy (non-hydrogen) atoms. The molecular weight excluding hydrogens is 358 g/mol. The average molecular weight is 383 g/mol. The highest BCUT2D eigenvalue weighted by Gasteiger charge is 2.23. The smallest absolute Gasteiger partial charge is 0.263 e. The van der Waals surface area contributed by atoms with Crippen LogP contribution < -0.4 is 16.2 Å². The zero-order valence-electron chi connectivity index (χ0n) is 15.9. The third kappa shape index (κ3) is 4.67. The number of pyridine rings is 1. The number of nitrogens with zero attached hydrogens (tertiary/aromatic N) is 1. The highest BCUT2D eigenvalue weighted by Crippen LogP contribution is 2.24. The molecule has 3 N–H and O–H groups in total. The summed E-state index contributed by atoms with van der Waals surface area (Å²) in [5, 5.41) is 14.9. The largest absolute Gasteiger partial charge is 0.393 e. The molecule has 2 atom stereocenters.